The van der Waals surface area contributed by atoms with Crippen LogP contribution in [0.3, 0.4) is 0 Å². The van der Waals surface area contributed by atoms with Crippen molar-refractivity contribution in [3.8, 4) is 0 Å². The number of nitrogens with zero attached hydrogens (tertiary/aromatic N) is 4. The van der Waals surface area contributed by atoms with Crippen LogP contribution in [0.25, 0.3) is 0 Å². The topological polar surface area (TPSA) is 78.7 Å². The standard InChI is InChI=1S/C19H18F6N4O2/c20-18(21,22)12-1-2-13(28-27-12)29-5-3-9(4-6-29)16-14-10(8-26-16)7-11(30)17(31)15(14)19(23,24)25/h1-2,9,15,17,31H,3-8H2/t15-,17-/m0/s1. The minimum atomic E-state index is -4.78. The molecule has 0 saturated carbocycles. The first-order valence-corrected chi connectivity index (χ1v) is 9.67. The van der Waals surface area contributed by atoms with Gasteiger partial charge in [-0.05, 0) is 36.1 Å². The zero-order valence-electron chi connectivity index (χ0n) is 16.0. The average molecular weight is 448 g/mol. The quantitative estimate of drug-likeness (QED) is 0.704. The van der Waals surface area contributed by atoms with Gasteiger partial charge in [0.15, 0.2) is 17.3 Å². The lowest BCUT2D eigenvalue weighted by molar-refractivity contribution is -0.190. The minimum Gasteiger partial charge on any atom is -0.384 e. The van der Waals surface area contributed by atoms with Crippen LogP contribution in [0.1, 0.15) is 25.0 Å². The number of Topliss-reactive ketones (excluding diaryl/α,β-unsaturated/α-hetero) is 1. The van der Waals surface area contributed by atoms with Gasteiger partial charge in [-0.15, -0.1) is 10.2 Å². The number of rotatable bonds is 2. The van der Waals surface area contributed by atoms with Crippen molar-refractivity contribution in [2.75, 3.05) is 24.5 Å². The van der Waals surface area contributed by atoms with E-state index in [1.54, 1.807) is 4.90 Å². The molecule has 6 nitrogen and oxygen atoms in total. The predicted octanol–water partition coefficient (Wildman–Crippen LogP) is 2.98. The number of carbonyl (C=O) groups is 1. The van der Waals surface area contributed by atoms with Crippen LogP contribution in [-0.4, -0.2) is 58.7 Å². The Morgan fingerprint density at radius 1 is 1.03 bits per heavy atom. The van der Waals surface area contributed by atoms with E-state index in [4.69, 9.17) is 0 Å². The first-order chi connectivity index (χ1) is 14.5. The molecule has 0 unspecified atom stereocenters. The lowest BCUT2D eigenvalue weighted by atomic mass is 9.74. The van der Waals surface area contributed by atoms with Crippen LogP contribution in [0.5, 0.6) is 0 Å². The molecule has 1 saturated heterocycles. The molecule has 0 radical (unpaired) electrons. The summed E-state index contributed by atoms with van der Waals surface area (Å²) in [5.41, 5.74) is -0.576. The highest BCUT2D eigenvalue weighted by atomic mass is 19.4. The van der Waals surface area contributed by atoms with Crippen molar-refractivity contribution in [1.82, 2.24) is 10.2 Å². The van der Waals surface area contributed by atoms with Crippen molar-refractivity contribution in [3.63, 3.8) is 0 Å². The minimum absolute atomic E-state index is 0.0142. The van der Waals surface area contributed by atoms with Gasteiger partial charge in [0.1, 0.15) is 12.0 Å². The number of ketones is 1. The maximum atomic E-state index is 13.6. The van der Waals surface area contributed by atoms with E-state index in [1.165, 1.54) is 6.07 Å². The highest BCUT2D eigenvalue weighted by Crippen LogP contribution is 2.45. The molecule has 2 atom stereocenters. The van der Waals surface area contributed by atoms with Crippen molar-refractivity contribution >= 4 is 17.3 Å². The Kier molecular flexibility index (Phi) is 5.31. The van der Waals surface area contributed by atoms with Crippen LogP contribution in [0.4, 0.5) is 32.2 Å². The third kappa shape index (κ3) is 4.04. The van der Waals surface area contributed by atoms with Crippen LogP contribution in [0, 0.1) is 11.8 Å². The van der Waals surface area contributed by atoms with Gasteiger partial charge in [-0.25, -0.2) is 0 Å². The molecule has 3 aliphatic rings. The van der Waals surface area contributed by atoms with Gasteiger partial charge in [-0.2, -0.15) is 26.3 Å². The summed E-state index contributed by atoms with van der Waals surface area (Å²) in [7, 11) is 0. The highest BCUT2D eigenvalue weighted by Gasteiger charge is 2.54. The zero-order valence-corrected chi connectivity index (χ0v) is 16.0. The van der Waals surface area contributed by atoms with Crippen LogP contribution < -0.4 is 4.90 Å². The first kappa shape index (κ1) is 21.7. The van der Waals surface area contributed by atoms with Gasteiger partial charge in [-0.3, -0.25) is 9.79 Å². The number of aliphatic imine (C=N–C) groups is 1. The molecule has 1 N–H and O–H groups in total. The van der Waals surface area contributed by atoms with Crippen molar-refractivity contribution in [2.45, 2.75) is 37.7 Å². The van der Waals surface area contributed by atoms with E-state index in [2.05, 4.69) is 15.2 Å². The Morgan fingerprint density at radius 3 is 2.26 bits per heavy atom. The number of carbonyl (C=O) groups excluding carboxylic acids is 1. The van der Waals surface area contributed by atoms with E-state index in [9.17, 15) is 36.2 Å². The Balaban J connectivity index is 1.48. The Hall–Kier alpha value is -2.50. The van der Waals surface area contributed by atoms with Gasteiger partial charge in [0, 0.05) is 31.1 Å². The summed E-state index contributed by atoms with van der Waals surface area (Å²) in [5, 5.41) is 16.8. The average Bonchev–Trinajstić information content (AvgIpc) is 3.10. The van der Waals surface area contributed by atoms with Gasteiger partial charge in [0.2, 0.25) is 0 Å². The third-order valence-electron chi connectivity index (χ3n) is 5.94. The van der Waals surface area contributed by atoms with E-state index in [0.29, 0.717) is 31.5 Å². The third-order valence-corrected chi connectivity index (χ3v) is 5.94. The number of piperidine rings is 1. The maximum Gasteiger partial charge on any atom is 0.435 e. The van der Waals surface area contributed by atoms with Crippen molar-refractivity contribution in [2.24, 2.45) is 16.8 Å². The molecular weight excluding hydrogens is 430 g/mol. The molecule has 0 bridgehead atoms. The fraction of sp³-hybridized carbons (Fsp3) is 0.579. The number of aliphatic hydroxyl groups excluding tert-OH is 1. The monoisotopic (exact) mass is 448 g/mol. The van der Waals surface area contributed by atoms with E-state index < -0.39 is 35.9 Å². The van der Waals surface area contributed by atoms with Gasteiger partial charge >= 0.3 is 12.4 Å². The van der Waals surface area contributed by atoms with E-state index in [1.807, 2.05) is 0 Å². The predicted molar refractivity (Wildman–Crippen MR) is 96.5 cm³/mol. The summed E-state index contributed by atoms with van der Waals surface area (Å²) in [6, 6.07) is 2.05. The number of hydrogen-bond donors (Lipinski definition) is 1. The first-order valence-electron chi connectivity index (χ1n) is 9.67. The number of aliphatic hydroxyl groups is 1. The molecule has 3 heterocycles. The van der Waals surface area contributed by atoms with Gasteiger partial charge in [0.25, 0.3) is 0 Å². The van der Waals surface area contributed by atoms with Crippen molar-refractivity contribution in [3.05, 3.63) is 29.0 Å². The normalized spacial score (nSPS) is 25.7. The number of alkyl halides is 6. The fourth-order valence-corrected chi connectivity index (χ4v) is 4.44. The molecule has 1 aliphatic carbocycles. The van der Waals surface area contributed by atoms with E-state index >= 15 is 0 Å². The van der Waals surface area contributed by atoms with Gasteiger partial charge < -0.3 is 10.0 Å². The van der Waals surface area contributed by atoms with Crippen LogP contribution in [0.2, 0.25) is 0 Å². The molecule has 12 heteroatoms. The molecular formula is C19H18F6N4O2. The molecule has 0 spiro atoms. The summed E-state index contributed by atoms with van der Waals surface area (Å²) in [4.78, 5) is 17.8. The Labute approximate surface area is 172 Å². The number of anilines is 1. The second kappa shape index (κ2) is 7.57. The van der Waals surface area contributed by atoms with Crippen molar-refractivity contribution in [1.29, 1.82) is 0 Å². The lowest BCUT2D eigenvalue weighted by Crippen LogP contribution is -2.46. The second-order valence-corrected chi connectivity index (χ2v) is 7.86. The summed E-state index contributed by atoms with van der Waals surface area (Å²) >= 11 is 0. The molecule has 31 heavy (non-hydrogen) atoms. The number of hydrogen-bond acceptors (Lipinski definition) is 6. The summed E-state index contributed by atoms with van der Waals surface area (Å²) in [6.07, 6.45) is -10.9. The van der Waals surface area contributed by atoms with Crippen LogP contribution in [0.15, 0.2) is 28.3 Å². The van der Waals surface area contributed by atoms with Crippen molar-refractivity contribution < 1.29 is 36.2 Å². The highest BCUT2D eigenvalue weighted by molar-refractivity contribution is 6.08. The number of aromatic nitrogens is 2. The second-order valence-electron chi connectivity index (χ2n) is 7.86. The van der Waals surface area contributed by atoms with E-state index in [-0.39, 0.29) is 36.0 Å². The zero-order chi connectivity index (χ0) is 22.6. The molecule has 1 aromatic heterocycles. The molecule has 1 aromatic rings. The smallest absolute Gasteiger partial charge is 0.384 e. The Bertz CT molecular complexity index is 930. The molecule has 0 aromatic carbocycles. The molecule has 2 aliphatic heterocycles. The van der Waals surface area contributed by atoms with Crippen LogP contribution in [-0.2, 0) is 11.0 Å². The summed E-state index contributed by atoms with van der Waals surface area (Å²) in [6.45, 7) is 0.718. The maximum absolute atomic E-state index is 13.6. The molecule has 168 valence electrons. The summed E-state index contributed by atoms with van der Waals surface area (Å²) < 4.78 is 78.8. The van der Waals surface area contributed by atoms with Crippen LogP contribution >= 0.6 is 0 Å². The SMILES string of the molecule is O=C1CC2=C(C(C3CCN(c4ccc(C(F)(F)F)nn4)CC3)=NC2)[C@H](C(F)(F)F)[C@H]1O. The molecule has 4 rings (SSSR count). The van der Waals surface area contributed by atoms with E-state index in [0.717, 1.165) is 6.07 Å². The summed E-state index contributed by atoms with van der Waals surface area (Å²) in [5.74, 6) is -3.18. The van der Waals surface area contributed by atoms with Gasteiger partial charge in [0.05, 0.1) is 6.54 Å². The lowest BCUT2D eigenvalue weighted by Gasteiger charge is -2.36. The molecule has 1 fully saturated rings. The number of halogens is 6. The Morgan fingerprint density at radius 2 is 1.71 bits per heavy atom. The largest absolute Gasteiger partial charge is 0.435 e. The fourth-order valence-electron chi connectivity index (χ4n) is 4.44. The molecule has 0 amide bonds. The van der Waals surface area contributed by atoms with Gasteiger partial charge in [-0.1, -0.05) is 0 Å².